The molecule has 22 aromatic rings. The van der Waals surface area contributed by atoms with Gasteiger partial charge in [0, 0.05) is 73.3 Å². The van der Waals surface area contributed by atoms with Crippen LogP contribution in [0.5, 0.6) is 0 Å². The molecule has 556 valence electrons. The number of anilines is 5. The number of rotatable bonds is 7. The molecule has 5 heteroatoms. The normalized spacial score (nSPS) is 14.7. The van der Waals surface area contributed by atoms with E-state index in [1.54, 1.807) is 0 Å². The van der Waals surface area contributed by atoms with E-state index in [-0.39, 0.29) is 10.8 Å². The number of thiophene rings is 2. The number of halogens is 1. The number of nitrogens with one attached hydrogen (secondary N) is 1. The van der Waals surface area contributed by atoms with E-state index in [1.807, 2.05) is 40.9 Å². The van der Waals surface area contributed by atoms with Crippen LogP contribution < -0.4 is 10.2 Å². The van der Waals surface area contributed by atoms with Gasteiger partial charge in [-0.2, -0.15) is 0 Å². The van der Waals surface area contributed by atoms with Crippen LogP contribution in [0.3, 0.4) is 0 Å². The molecule has 2 spiro atoms. The lowest BCUT2D eigenvalue weighted by Gasteiger charge is -2.30. The summed E-state index contributed by atoms with van der Waals surface area (Å²) in [4.78, 5) is 2.38. The maximum Gasteiger partial charge on any atom is 0.0725 e. The van der Waals surface area contributed by atoms with Crippen molar-refractivity contribution in [2.75, 3.05) is 10.2 Å². The first-order valence-electron chi connectivity index (χ1n) is 40.8. The molecule has 2 aromatic heterocycles. The van der Waals surface area contributed by atoms with E-state index < -0.39 is 0 Å². The fourth-order valence-electron chi connectivity index (χ4n) is 20.5. The van der Waals surface area contributed by atoms with Gasteiger partial charge < -0.3 is 10.2 Å². The standard InChI is InChI=1S/C57H35NS.C41H23BrS.C16H13N/c1-2-15-41(16-3-1)58(42-26-22-36-12-4-5-14-38(36)32-42)43-27-31-55-49(35-43)48-34-40(25-30-54(48)59-55)39-24-28-52-47(33-39)45-18-8-10-20-50(45)57(52)51-21-11-9-19-46(51)56-44-17-7-6-13-37(44)23-29-53(56)57;42-27-16-20-39-33(23-27)32-22-26(15-19-38(32)43-39)25-14-17-36-31(21-25)29-9-3-5-11-34(29)41(36)35-12-6-4-10-30(35)40-28-8-2-1-7-24(28)13-18-37(40)41;1-2-8-15(9-3-1)17-16-11-10-13-6-4-5-7-14(13)12-16/h1-35H;1-23H;1-12,17H. The summed E-state index contributed by atoms with van der Waals surface area (Å²) in [6.07, 6.45) is 0. The van der Waals surface area contributed by atoms with Gasteiger partial charge >= 0.3 is 0 Å². The van der Waals surface area contributed by atoms with Crippen LogP contribution >= 0.6 is 38.6 Å². The third-order valence-electron chi connectivity index (χ3n) is 25.6. The van der Waals surface area contributed by atoms with Gasteiger partial charge in [0.1, 0.15) is 0 Å². The monoisotopic (exact) mass is 1610 g/mol. The molecule has 26 rings (SSSR count). The smallest absolute Gasteiger partial charge is 0.0725 e. The van der Waals surface area contributed by atoms with Crippen molar-refractivity contribution < 1.29 is 0 Å². The molecule has 0 saturated heterocycles. The predicted octanol–water partition coefficient (Wildman–Crippen LogP) is 32.4. The Morgan fingerprint density at radius 3 is 1.12 bits per heavy atom. The molecular weight excluding hydrogens is 1540 g/mol. The van der Waals surface area contributed by atoms with Gasteiger partial charge in [-0.05, 0) is 276 Å². The molecule has 20 aromatic carbocycles. The summed E-state index contributed by atoms with van der Waals surface area (Å²) >= 11 is 7.42. The summed E-state index contributed by atoms with van der Waals surface area (Å²) in [6, 6.07) is 157. The van der Waals surface area contributed by atoms with Crippen molar-refractivity contribution in [3.63, 3.8) is 0 Å². The fraction of sp³-hybridized carbons (Fsp3) is 0.0175. The molecule has 0 bridgehead atoms. The summed E-state index contributed by atoms with van der Waals surface area (Å²) in [7, 11) is 0. The van der Waals surface area contributed by atoms with Gasteiger partial charge in [0.25, 0.3) is 0 Å². The average Bonchev–Trinajstić information content (AvgIpc) is 1.51. The van der Waals surface area contributed by atoms with E-state index in [4.69, 9.17) is 0 Å². The highest BCUT2D eigenvalue weighted by Gasteiger charge is 2.54. The van der Waals surface area contributed by atoms with Crippen molar-refractivity contribution in [3.05, 3.63) is 474 Å². The molecule has 4 aliphatic carbocycles. The molecule has 1 N–H and O–H groups in total. The van der Waals surface area contributed by atoms with Crippen molar-refractivity contribution in [2.45, 2.75) is 10.8 Å². The highest BCUT2D eigenvalue weighted by atomic mass is 79.9. The Morgan fingerprint density at radius 2 is 0.571 bits per heavy atom. The summed E-state index contributed by atoms with van der Waals surface area (Å²) in [5.74, 6) is 0. The number of nitrogens with zero attached hydrogens (tertiary/aromatic N) is 1. The van der Waals surface area contributed by atoms with Crippen LogP contribution in [0.1, 0.15) is 44.5 Å². The fourth-order valence-corrected chi connectivity index (χ4v) is 23.0. The summed E-state index contributed by atoms with van der Waals surface area (Å²) < 4.78 is 6.37. The molecular formula is C114H71BrN2S2. The second-order valence-electron chi connectivity index (χ2n) is 31.8. The Kier molecular flexibility index (Phi) is 16.0. The average molecular weight is 1610 g/mol. The topological polar surface area (TPSA) is 15.3 Å². The van der Waals surface area contributed by atoms with E-state index in [1.165, 1.54) is 195 Å². The quantitative estimate of drug-likeness (QED) is 0.171. The van der Waals surface area contributed by atoms with Gasteiger partial charge in [-0.1, -0.05) is 319 Å². The Hall–Kier alpha value is -14.0. The third kappa shape index (κ3) is 10.8. The van der Waals surface area contributed by atoms with Gasteiger partial charge in [-0.3, -0.25) is 0 Å². The van der Waals surface area contributed by atoms with Crippen LogP contribution in [0.4, 0.5) is 28.4 Å². The zero-order chi connectivity index (χ0) is 78.4. The minimum atomic E-state index is -0.375. The second kappa shape index (κ2) is 27.6. The Bertz CT molecular complexity index is 7950. The first-order chi connectivity index (χ1) is 58.9. The summed E-state index contributed by atoms with van der Waals surface area (Å²) in [5, 5.41) is 18.8. The lowest BCUT2D eigenvalue weighted by Crippen LogP contribution is -2.25. The van der Waals surface area contributed by atoms with E-state index in [9.17, 15) is 0 Å². The maximum atomic E-state index is 3.69. The summed E-state index contributed by atoms with van der Waals surface area (Å²) in [6.45, 7) is 0. The van der Waals surface area contributed by atoms with Crippen LogP contribution in [0.25, 0.3) is 150 Å². The number of hydrogen-bond donors (Lipinski definition) is 1. The first-order valence-corrected chi connectivity index (χ1v) is 43.3. The zero-order valence-electron chi connectivity index (χ0n) is 64.6. The van der Waals surface area contributed by atoms with Crippen molar-refractivity contribution in [2.24, 2.45) is 0 Å². The second-order valence-corrected chi connectivity index (χ2v) is 34.9. The van der Waals surface area contributed by atoms with Crippen LogP contribution in [0, 0.1) is 0 Å². The van der Waals surface area contributed by atoms with Crippen LogP contribution in [0.15, 0.2) is 429 Å². The Labute approximate surface area is 706 Å². The molecule has 4 aliphatic rings. The number of fused-ring (bicyclic) bond motifs is 32. The molecule has 0 radical (unpaired) electrons. The summed E-state index contributed by atoms with van der Waals surface area (Å²) in [5.41, 5.74) is 31.7. The first kappa shape index (κ1) is 69.3. The highest BCUT2D eigenvalue weighted by Crippen LogP contribution is 2.66. The molecule has 0 amide bonds. The van der Waals surface area contributed by atoms with Gasteiger partial charge in [0.15, 0.2) is 0 Å². The molecule has 0 aliphatic heterocycles. The molecule has 0 saturated carbocycles. The van der Waals surface area contributed by atoms with Crippen LogP contribution in [-0.2, 0) is 10.8 Å². The van der Waals surface area contributed by atoms with Crippen molar-refractivity contribution in [1.29, 1.82) is 0 Å². The van der Waals surface area contributed by atoms with E-state index in [0.29, 0.717) is 0 Å². The van der Waals surface area contributed by atoms with E-state index in [2.05, 4.69) is 433 Å². The highest BCUT2D eigenvalue weighted by molar-refractivity contribution is 9.10. The van der Waals surface area contributed by atoms with Gasteiger partial charge in [0.2, 0.25) is 0 Å². The molecule has 0 fully saturated rings. The third-order valence-corrected chi connectivity index (χ3v) is 28.4. The lowest BCUT2D eigenvalue weighted by atomic mass is 9.70. The van der Waals surface area contributed by atoms with E-state index in [0.717, 1.165) is 32.9 Å². The zero-order valence-corrected chi connectivity index (χ0v) is 67.8. The maximum absolute atomic E-state index is 3.69. The minimum absolute atomic E-state index is 0.333. The minimum Gasteiger partial charge on any atom is -0.356 e. The molecule has 2 nitrogen and oxygen atoms in total. The predicted molar refractivity (Wildman–Crippen MR) is 511 cm³/mol. The van der Waals surface area contributed by atoms with Gasteiger partial charge in [-0.15, -0.1) is 22.7 Å². The number of para-hydroxylation sites is 2. The number of benzene rings is 20. The van der Waals surface area contributed by atoms with Crippen LogP contribution in [-0.4, -0.2) is 0 Å². The van der Waals surface area contributed by atoms with Gasteiger partial charge in [0.05, 0.1) is 10.8 Å². The van der Waals surface area contributed by atoms with Crippen molar-refractivity contribution in [3.8, 4) is 66.8 Å². The number of hydrogen-bond acceptors (Lipinski definition) is 4. The molecule has 119 heavy (non-hydrogen) atoms. The van der Waals surface area contributed by atoms with E-state index >= 15 is 0 Å². The Morgan fingerprint density at radius 1 is 0.210 bits per heavy atom. The van der Waals surface area contributed by atoms with Crippen molar-refractivity contribution in [1.82, 2.24) is 0 Å². The van der Waals surface area contributed by atoms with Gasteiger partial charge in [-0.25, -0.2) is 0 Å². The van der Waals surface area contributed by atoms with Crippen molar-refractivity contribution >= 4 is 150 Å². The largest absolute Gasteiger partial charge is 0.356 e. The SMILES string of the molecule is Brc1ccc2sc3ccc(-c4ccc5c(c4)-c4ccccc4C54c5ccccc5-c5c4ccc4ccccc54)cc3c2c1.c1ccc(N(c2ccc3ccccc3c2)c2ccc3sc4ccc(-c5ccc6c(c5)-c5ccccc5C65c6ccccc6-c6c5ccc5ccccc65)cc4c3c2)cc1.c1ccc(Nc2ccc3ccccc3c2)cc1. The lowest BCUT2D eigenvalue weighted by molar-refractivity contribution is 0.794. The Balaban J connectivity index is 0.000000117. The molecule has 2 atom stereocenters. The molecule has 2 heterocycles. The van der Waals surface area contributed by atoms with Crippen LogP contribution in [0.2, 0.25) is 0 Å². The molecule has 2 unspecified atom stereocenters.